The van der Waals surface area contributed by atoms with Gasteiger partial charge in [0.05, 0.1) is 0 Å². The lowest BCUT2D eigenvalue weighted by Gasteiger charge is -2.05. The number of carboxylic acid groups (broad SMARTS) is 1. The van der Waals surface area contributed by atoms with Gasteiger partial charge in [0.2, 0.25) is 5.91 Å². The van der Waals surface area contributed by atoms with Crippen molar-refractivity contribution in [2.75, 3.05) is 6.54 Å². The molecule has 0 fully saturated rings. The summed E-state index contributed by atoms with van der Waals surface area (Å²) >= 11 is 0. The minimum Gasteiger partial charge on any atom is -0.481 e. The van der Waals surface area contributed by atoms with Crippen LogP contribution >= 0.6 is 0 Å². The highest BCUT2D eigenvalue weighted by atomic mass is 16.4. The van der Waals surface area contributed by atoms with Crippen molar-refractivity contribution in [3.63, 3.8) is 0 Å². The van der Waals surface area contributed by atoms with Crippen LogP contribution in [0.2, 0.25) is 0 Å². The van der Waals surface area contributed by atoms with Crippen molar-refractivity contribution in [2.24, 2.45) is 0 Å². The number of carboxylic acids is 1. The van der Waals surface area contributed by atoms with Crippen LogP contribution in [0, 0.1) is 0 Å². The maximum absolute atomic E-state index is 11.4. The van der Waals surface area contributed by atoms with Crippen LogP contribution in [0.5, 0.6) is 0 Å². The molecular weight excluding hydrogens is 266 g/mol. The quantitative estimate of drug-likeness (QED) is 0.444. The van der Waals surface area contributed by atoms with Gasteiger partial charge >= 0.3 is 5.97 Å². The molecule has 0 aromatic carbocycles. The number of amides is 1. The fourth-order valence-corrected chi connectivity index (χ4v) is 2.29. The van der Waals surface area contributed by atoms with Crippen LogP contribution in [0.3, 0.4) is 0 Å². The highest BCUT2D eigenvalue weighted by molar-refractivity contribution is 5.75. The second-order valence-electron chi connectivity index (χ2n) is 5.78. The van der Waals surface area contributed by atoms with E-state index in [1.54, 1.807) is 0 Å². The van der Waals surface area contributed by atoms with Gasteiger partial charge in [-0.3, -0.25) is 9.59 Å². The summed E-state index contributed by atoms with van der Waals surface area (Å²) in [5, 5.41) is 11.5. The highest BCUT2D eigenvalue weighted by Crippen LogP contribution is 2.10. The van der Waals surface area contributed by atoms with E-state index in [0.717, 1.165) is 45.1 Å². The Hall–Kier alpha value is -1.06. The van der Waals surface area contributed by atoms with E-state index in [1.165, 1.54) is 32.1 Å². The van der Waals surface area contributed by atoms with E-state index in [2.05, 4.69) is 12.2 Å². The molecular formula is C17H33NO3. The average Bonchev–Trinajstić information content (AvgIpc) is 2.45. The fraction of sp³-hybridized carbons (Fsp3) is 0.882. The largest absolute Gasteiger partial charge is 0.481 e. The van der Waals surface area contributed by atoms with Gasteiger partial charge in [-0.1, -0.05) is 58.3 Å². The monoisotopic (exact) mass is 299 g/mol. The van der Waals surface area contributed by atoms with Crippen LogP contribution in [0.1, 0.15) is 90.4 Å². The second-order valence-corrected chi connectivity index (χ2v) is 5.78. The third-order valence-corrected chi connectivity index (χ3v) is 3.65. The summed E-state index contributed by atoms with van der Waals surface area (Å²) in [7, 11) is 0. The Morgan fingerprint density at radius 2 is 1.29 bits per heavy atom. The van der Waals surface area contributed by atoms with Gasteiger partial charge in [-0.2, -0.15) is 0 Å². The molecule has 0 spiro atoms. The summed E-state index contributed by atoms with van der Waals surface area (Å²) in [4.78, 5) is 21.7. The van der Waals surface area contributed by atoms with Crippen molar-refractivity contribution < 1.29 is 14.7 Å². The van der Waals surface area contributed by atoms with Crippen LogP contribution in [0.4, 0.5) is 0 Å². The summed E-state index contributed by atoms with van der Waals surface area (Å²) in [6.45, 7) is 2.91. The zero-order valence-corrected chi connectivity index (χ0v) is 13.7. The summed E-state index contributed by atoms with van der Waals surface area (Å²) in [5.74, 6) is -0.491. The first kappa shape index (κ1) is 19.9. The molecule has 1 amide bonds. The molecule has 0 bridgehead atoms. The van der Waals surface area contributed by atoms with E-state index in [1.807, 2.05) is 0 Å². The molecule has 0 heterocycles. The van der Waals surface area contributed by atoms with Gasteiger partial charge in [0.1, 0.15) is 0 Å². The van der Waals surface area contributed by atoms with Crippen LogP contribution in [0.25, 0.3) is 0 Å². The lowest BCUT2D eigenvalue weighted by molar-refractivity contribution is -0.137. The zero-order valence-electron chi connectivity index (χ0n) is 13.7. The third-order valence-electron chi connectivity index (χ3n) is 3.65. The van der Waals surface area contributed by atoms with E-state index >= 15 is 0 Å². The van der Waals surface area contributed by atoms with Crippen molar-refractivity contribution in [1.82, 2.24) is 5.32 Å². The van der Waals surface area contributed by atoms with Gasteiger partial charge in [0.15, 0.2) is 0 Å². The minimum absolute atomic E-state index is 0.193. The molecule has 124 valence electrons. The van der Waals surface area contributed by atoms with Crippen molar-refractivity contribution in [3.05, 3.63) is 0 Å². The normalized spacial score (nSPS) is 10.5. The van der Waals surface area contributed by atoms with Crippen molar-refractivity contribution in [1.29, 1.82) is 0 Å². The average molecular weight is 299 g/mol. The molecule has 0 atom stereocenters. The van der Waals surface area contributed by atoms with Crippen molar-refractivity contribution >= 4 is 11.9 Å². The molecule has 0 unspecified atom stereocenters. The predicted octanol–water partition coefficient (Wildman–Crippen LogP) is 4.28. The molecule has 0 aliphatic carbocycles. The minimum atomic E-state index is -0.684. The lowest BCUT2D eigenvalue weighted by atomic mass is 10.1. The molecule has 21 heavy (non-hydrogen) atoms. The number of rotatable bonds is 15. The molecule has 0 aromatic rings. The third kappa shape index (κ3) is 16.9. The zero-order chi connectivity index (χ0) is 15.8. The van der Waals surface area contributed by atoms with Crippen molar-refractivity contribution in [2.45, 2.75) is 90.4 Å². The van der Waals surface area contributed by atoms with E-state index in [4.69, 9.17) is 5.11 Å². The van der Waals surface area contributed by atoms with E-state index in [-0.39, 0.29) is 5.91 Å². The number of unbranched alkanes of at least 4 members (excludes halogenated alkanes) is 9. The number of hydrogen-bond acceptors (Lipinski definition) is 2. The Labute approximate surface area is 129 Å². The summed E-state index contributed by atoms with van der Waals surface area (Å²) in [6, 6.07) is 0. The Bertz CT molecular complexity index is 267. The number of hydrogen-bond donors (Lipinski definition) is 2. The molecule has 4 nitrogen and oxygen atoms in total. The highest BCUT2D eigenvalue weighted by Gasteiger charge is 1.99. The summed E-state index contributed by atoms with van der Waals surface area (Å²) in [5.41, 5.74) is 0. The number of nitrogens with one attached hydrogen (secondary N) is 1. The number of aliphatic carboxylic acids is 1. The molecule has 0 rings (SSSR count). The number of carbonyl (C=O) groups is 2. The molecule has 0 saturated carbocycles. The van der Waals surface area contributed by atoms with E-state index in [0.29, 0.717) is 12.8 Å². The Morgan fingerprint density at radius 3 is 1.81 bits per heavy atom. The Balaban J connectivity index is 3.09. The SMILES string of the molecule is CCCCC(=O)NCCCCCCCCCCCC(=O)O. The summed E-state index contributed by atoms with van der Waals surface area (Å²) < 4.78 is 0. The topological polar surface area (TPSA) is 66.4 Å². The van der Waals surface area contributed by atoms with Crippen molar-refractivity contribution in [3.8, 4) is 0 Å². The molecule has 0 aliphatic heterocycles. The standard InChI is InChI=1S/C17H33NO3/c1-2-3-13-16(19)18-15-12-10-8-6-4-5-7-9-11-14-17(20)21/h2-15H2,1H3,(H,18,19)(H,20,21). The van der Waals surface area contributed by atoms with Gasteiger partial charge < -0.3 is 10.4 Å². The van der Waals surface area contributed by atoms with E-state index in [9.17, 15) is 9.59 Å². The Morgan fingerprint density at radius 1 is 0.762 bits per heavy atom. The smallest absolute Gasteiger partial charge is 0.303 e. The maximum atomic E-state index is 11.4. The Kier molecular flexibility index (Phi) is 14.6. The predicted molar refractivity (Wildman–Crippen MR) is 86.3 cm³/mol. The second kappa shape index (κ2) is 15.3. The molecule has 0 aromatic heterocycles. The number of carbonyl (C=O) groups excluding carboxylic acids is 1. The first-order valence-corrected chi connectivity index (χ1v) is 8.65. The van der Waals surface area contributed by atoms with Crippen LogP contribution in [-0.4, -0.2) is 23.5 Å². The van der Waals surface area contributed by atoms with E-state index < -0.39 is 5.97 Å². The molecule has 0 radical (unpaired) electrons. The van der Waals surface area contributed by atoms with Gasteiger partial charge in [-0.25, -0.2) is 0 Å². The fourth-order valence-electron chi connectivity index (χ4n) is 2.29. The molecule has 0 aliphatic rings. The van der Waals surface area contributed by atoms with Crippen LogP contribution < -0.4 is 5.32 Å². The molecule has 4 heteroatoms. The summed E-state index contributed by atoms with van der Waals surface area (Å²) in [6.07, 6.45) is 13.3. The van der Waals surface area contributed by atoms with Gasteiger partial charge in [-0.15, -0.1) is 0 Å². The van der Waals surface area contributed by atoms with Gasteiger partial charge in [0, 0.05) is 19.4 Å². The maximum Gasteiger partial charge on any atom is 0.303 e. The first-order chi connectivity index (χ1) is 10.2. The molecule has 2 N–H and O–H groups in total. The van der Waals surface area contributed by atoms with Gasteiger partial charge in [0.25, 0.3) is 0 Å². The first-order valence-electron chi connectivity index (χ1n) is 8.65. The molecule has 0 saturated heterocycles. The lowest BCUT2D eigenvalue weighted by Crippen LogP contribution is -2.23. The van der Waals surface area contributed by atoms with Gasteiger partial charge in [-0.05, 0) is 19.3 Å². The van der Waals surface area contributed by atoms with Crippen LogP contribution in [-0.2, 0) is 9.59 Å². The van der Waals surface area contributed by atoms with Crippen LogP contribution in [0.15, 0.2) is 0 Å².